The third-order valence-corrected chi connectivity index (χ3v) is 14.7. The van der Waals surface area contributed by atoms with E-state index in [0.717, 1.165) is 19.3 Å². The van der Waals surface area contributed by atoms with Crippen LogP contribution in [-0.4, -0.2) is 0 Å². The van der Waals surface area contributed by atoms with Gasteiger partial charge >= 0.3 is 0 Å². The van der Waals surface area contributed by atoms with Crippen LogP contribution in [0, 0.1) is 0 Å². The minimum Gasteiger partial charge on any atom is -0.309 e. The van der Waals surface area contributed by atoms with Gasteiger partial charge in [0, 0.05) is 38.3 Å². The fraction of sp³-hybridized carbons (Fsp3) is 0.238. The standard InChI is InChI=1S/C63H60N2/c1-10-40-37-57(65(47-31-27-45(28-32-47)62(5,6)7)55-24-16-20-42-18-12-14-22-49(42)55)52-39-53-58-43(35-36-63(53,8)9)38-56(51-34-33-50(40)59(52)60(51)58)64(46-29-25-44(26-30-46)61(2,3)4)54-23-15-19-41-17-11-13-21-48(41)54/h11-34,37-39H,10,35-36H2,1-9H3. The zero-order chi connectivity index (χ0) is 45.0. The van der Waals surface area contributed by atoms with Gasteiger partial charge in [0.05, 0.1) is 22.7 Å². The van der Waals surface area contributed by atoms with E-state index in [1.807, 2.05) is 0 Å². The van der Waals surface area contributed by atoms with Gasteiger partial charge in [0.25, 0.3) is 0 Å². The molecular weight excluding hydrogens is 785 g/mol. The Hall–Kier alpha value is -6.64. The quantitative estimate of drug-likeness (QED) is 0.148. The molecule has 1 aliphatic carbocycles. The maximum atomic E-state index is 2.61. The number of rotatable bonds is 7. The molecule has 10 aromatic carbocycles. The second-order valence-corrected chi connectivity index (χ2v) is 21.4. The van der Waals surface area contributed by atoms with Crippen molar-refractivity contribution in [1.29, 1.82) is 0 Å². The van der Waals surface area contributed by atoms with Crippen LogP contribution in [0.4, 0.5) is 34.1 Å². The Labute approximate surface area is 385 Å². The van der Waals surface area contributed by atoms with Gasteiger partial charge < -0.3 is 9.80 Å². The van der Waals surface area contributed by atoms with Gasteiger partial charge in [-0.3, -0.25) is 0 Å². The van der Waals surface area contributed by atoms with Crippen molar-refractivity contribution >= 4 is 88.0 Å². The molecule has 11 rings (SSSR count). The average Bonchev–Trinajstić information content (AvgIpc) is 3.30. The first kappa shape index (κ1) is 41.1. The van der Waals surface area contributed by atoms with Crippen LogP contribution in [0.15, 0.2) is 164 Å². The highest BCUT2D eigenvalue weighted by atomic mass is 15.2. The van der Waals surface area contributed by atoms with Crippen LogP contribution in [0.3, 0.4) is 0 Å². The highest BCUT2D eigenvalue weighted by Crippen LogP contribution is 2.55. The molecule has 0 spiro atoms. The number of aryl methyl sites for hydroxylation is 2. The maximum Gasteiger partial charge on any atom is 0.0543 e. The van der Waals surface area contributed by atoms with Crippen LogP contribution in [0.25, 0.3) is 53.9 Å². The number of fused-ring (bicyclic) bond motifs is 2. The monoisotopic (exact) mass is 844 g/mol. The van der Waals surface area contributed by atoms with Crippen LogP contribution in [0.2, 0.25) is 0 Å². The second kappa shape index (κ2) is 15.0. The van der Waals surface area contributed by atoms with E-state index in [-0.39, 0.29) is 16.2 Å². The van der Waals surface area contributed by atoms with E-state index in [4.69, 9.17) is 0 Å². The van der Waals surface area contributed by atoms with Crippen LogP contribution in [-0.2, 0) is 29.1 Å². The number of benzene rings is 10. The molecule has 1 aliphatic rings. The van der Waals surface area contributed by atoms with Gasteiger partial charge in [0.15, 0.2) is 0 Å². The van der Waals surface area contributed by atoms with Gasteiger partial charge in [-0.2, -0.15) is 0 Å². The summed E-state index contributed by atoms with van der Waals surface area (Å²) in [6.45, 7) is 21.1. The zero-order valence-corrected chi connectivity index (χ0v) is 39.6. The molecule has 0 unspecified atom stereocenters. The number of hydrogen-bond acceptors (Lipinski definition) is 2. The van der Waals surface area contributed by atoms with E-state index in [9.17, 15) is 0 Å². The lowest BCUT2D eigenvalue weighted by Crippen LogP contribution is -2.24. The average molecular weight is 845 g/mol. The van der Waals surface area contributed by atoms with Crippen molar-refractivity contribution in [1.82, 2.24) is 0 Å². The molecule has 0 saturated carbocycles. The topological polar surface area (TPSA) is 6.48 Å². The Bertz CT molecular complexity index is 3440. The lowest BCUT2D eigenvalue weighted by molar-refractivity contribution is 0.475. The number of anilines is 6. The van der Waals surface area contributed by atoms with E-state index in [1.54, 1.807) is 0 Å². The summed E-state index contributed by atoms with van der Waals surface area (Å²) in [6, 6.07) is 62.7. The highest BCUT2D eigenvalue weighted by molar-refractivity contribution is 6.30. The van der Waals surface area contributed by atoms with Gasteiger partial charge in [-0.25, -0.2) is 0 Å². The maximum absolute atomic E-state index is 2.61. The summed E-state index contributed by atoms with van der Waals surface area (Å²) < 4.78 is 0. The summed E-state index contributed by atoms with van der Waals surface area (Å²) in [5, 5.41) is 13.1. The SMILES string of the molecule is CCc1cc(N(c2ccc(C(C)(C)C)cc2)c2cccc3ccccc23)c2cc3c4c(cc(N(c5ccc(C(C)(C)C)cc5)c5cccc6ccccc56)c5ccc1c2c54)CCC3(C)C. The molecule has 0 N–H and O–H groups in total. The molecule has 0 saturated heterocycles. The van der Waals surface area contributed by atoms with E-state index < -0.39 is 0 Å². The summed E-state index contributed by atoms with van der Waals surface area (Å²) in [6.07, 6.45) is 3.04. The Morgan fingerprint density at radius 3 is 1.46 bits per heavy atom. The van der Waals surface area contributed by atoms with Crippen molar-refractivity contribution in [2.75, 3.05) is 9.80 Å². The predicted octanol–water partition coefficient (Wildman–Crippen LogP) is 18.2. The van der Waals surface area contributed by atoms with Gasteiger partial charge in [-0.05, 0) is 145 Å². The van der Waals surface area contributed by atoms with Crippen molar-refractivity contribution in [3.05, 3.63) is 192 Å². The Morgan fingerprint density at radius 2 is 0.938 bits per heavy atom. The first-order valence-corrected chi connectivity index (χ1v) is 23.8. The minimum atomic E-state index is -0.0151. The number of hydrogen-bond donors (Lipinski definition) is 0. The smallest absolute Gasteiger partial charge is 0.0543 e. The van der Waals surface area contributed by atoms with Crippen molar-refractivity contribution in [2.24, 2.45) is 0 Å². The molecule has 65 heavy (non-hydrogen) atoms. The summed E-state index contributed by atoms with van der Waals surface area (Å²) in [5.74, 6) is 0. The van der Waals surface area contributed by atoms with Crippen LogP contribution >= 0.6 is 0 Å². The molecule has 322 valence electrons. The van der Waals surface area contributed by atoms with Crippen LogP contribution in [0.1, 0.15) is 96.6 Å². The minimum absolute atomic E-state index is 0.0151. The summed E-state index contributed by atoms with van der Waals surface area (Å²) in [5.41, 5.74) is 14.2. The molecule has 2 heteroatoms. The molecule has 0 bridgehead atoms. The predicted molar refractivity (Wildman–Crippen MR) is 283 cm³/mol. The molecule has 0 fully saturated rings. The zero-order valence-electron chi connectivity index (χ0n) is 39.6. The van der Waals surface area contributed by atoms with E-state index in [0.29, 0.717) is 0 Å². The van der Waals surface area contributed by atoms with Crippen LogP contribution in [0.5, 0.6) is 0 Å². The fourth-order valence-corrected chi connectivity index (χ4v) is 11.0. The van der Waals surface area contributed by atoms with Crippen molar-refractivity contribution in [3.8, 4) is 0 Å². The molecule has 0 radical (unpaired) electrons. The Kier molecular flexibility index (Phi) is 9.46. The fourth-order valence-electron chi connectivity index (χ4n) is 11.0. The third-order valence-electron chi connectivity index (χ3n) is 14.7. The Morgan fingerprint density at radius 1 is 0.446 bits per heavy atom. The van der Waals surface area contributed by atoms with E-state index in [1.165, 1.54) is 116 Å². The molecule has 0 aromatic heterocycles. The first-order chi connectivity index (χ1) is 31.2. The Balaban J connectivity index is 1.27. The normalized spacial score (nSPS) is 14.0. The van der Waals surface area contributed by atoms with Gasteiger partial charge in [-0.15, -0.1) is 0 Å². The summed E-state index contributed by atoms with van der Waals surface area (Å²) >= 11 is 0. The molecule has 10 aromatic rings. The lowest BCUT2D eigenvalue weighted by atomic mass is 9.70. The summed E-state index contributed by atoms with van der Waals surface area (Å²) in [7, 11) is 0. The molecule has 0 aliphatic heterocycles. The molecule has 0 amide bonds. The molecule has 0 heterocycles. The number of nitrogens with zero attached hydrogens (tertiary/aromatic N) is 2. The van der Waals surface area contributed by atoms with Crippen LogP contribution < -0.4 is 9.80 Å². The molecule has 0 atom stereocenters. The summed E-state index contributed by atoms with van der Waals surface area (Å²) in [4.78, 5) is 5.14. The van der Waals surface area contributed by atoms with E-state index >= 15 is 0 Å². The van der Waals surface area contributed by atoms with Gasteiger partial charge in [-0.1, -0.05) is 172 Å². The third kappa shape index (κ3) is 6.67. The highest BCUT2D eigenvalue weighted by Gasteiger charge is 2.34. The van der Waals surface area contributed by atoms with Crippen molar-refractivity contribution in [3.63, 3.8) is 0 Å². The van der Waals surface area contributed by atoms with E-state index in [2.05, 4.69) is 236 Å². The second-order valence-electron chi connectivity index (χ2n) is 21.4. The van der Waals surface area contributed by atoms with Gasteiger partial charge in [0.1, 0.15) is 0 Å². The van der Waals surface area contributed by atoms with Gasteiger partial charge in [0.2, 0.25) is 0 Å². The lowest BCUT2D eigenvalue weighted by Gasteiger charge is -2.37. The molecular formula is C63H60N2. The first-order valence-electron chi connectivity index (χ1n) is 23.8. The largest absolute Gasteiger partial charge is 0.309 e. The van der Waals surface area contributed by atoms with Crippen molar-refractivity contribution in [2.45, 2.75) is 97.8 Å². The molecule has 2 nitrogen and oxygen atoms in total. The van der Waals surface area contributed by atoms with Crippen molar-refractivity contribution < 1.29 is 0 Å².